The van der Waals surface area contributed by atoms with E-state index in [0.717, 1.165) is 16.9 Å². The van der Waals surface area contributed by atoms with Gasteiger partial charge >= 0.3 is 0 Å². The minimum absolute atomic E-state index is 0.116. The Morgan fingerprint density at radius 2 is 1.66 bits per heavy atom. The third-order valence-corrected chi connectivity index (χ3v) is 6.37. The summed E-state index contributed by atoms with van der Waals surface area (Å²) in [6.07, 6.45) is 1.30. The molecule has 3 heterocycles. The van der Waals surface area contributed by atoms with Crippen molar-refractivity contribution in [3.8, 4) is 17.0 Å². The molecular formula is C26H29N5O4. The number of rotatable bonds is 7. The Morgan fingerprint density at radius 1 is 0.971 bits per heavy atom. The van der Waals surface area contributed by atoms with Gasteiger partial charge in [-0.1, -0.05) is 12.1 Å². The van der Waals surface area contributed by atoms with Crippen LogP contribution < -0.4 is 20.3 Å². The summed E-state index contributed by atoms with van der Waals surface area (Å²) in [5, 5.41) is 6.40. The van der Waals surface area contributed by atoms with Crippen LogP contribution in [0.1, 0.15) is 10.4 Å². The molecule has 0 unspecified atom stereocenters. The lowest BCUT2D eigenvalue weighted by Crippen LogP contribution is -2.44. The Kier molecular flexibility index (Phi) is 6.52. The largest absolute Gasteiger partial charge is 0.497 e. The van der Waals surface area contributed by atoms with Crippen molar-refractivity contribution in [3.05, 3.63) is 66.4 Å². The molecule has 2 aromatic carbocycles. The first-order valence-electron chi connectivity index (χ1n) is 11.6. The van der Waals surface area contributed by atoms with Gasteiger partial charge in [0.2, 0.25) is 5.95 Å². The minimum Gasteiger partial charge on any atom is -0.497 e. The van der Waals surface area contributed by atoms with Crippen LogP contribution in [0.15, 0.2) is 60.8 Å². The zero-order valence-electron chi connectivity index (χ0n) is 20.0. The van der Waals surface area contributed by atoms with Crippen LogP contribution in [0.2, 0.25) is 0 Å². The molecule has 1 aromatic heterocycles. The minimum atomic E-state index is -0.239. The fourth-order valence-electron chi connectivity index (χ4n) is 4.43. The highest BCUT2D eigenvalue weighted by atomic mass is 16.6. The number of nitrogens with zero attached hydrogens (tertiary/aromatic N) is 3. The van der Waals surface area contributed by atoms with Crippen LogP contribution in [0.4, 0.5) is 11.6 Å². The predicted octanol–water partition coefficient (Wildman–Crippen LogP) is 2.59. The second-order valence-electron chi connectivity index (χ2n) is 8.86. The fraction of sp³-hybridized carbons (Fsp3) is 0.346. The van der Waals surface area contributed by atoms with E-state index in [0.29, 0.717) is 30.5 Å². The van der Waals surface area contributed by atoms with Gasteiger partial charge in [0, 0.05) is 37.1 Å². The molecule has 9 nitrogen and oxygen atoms in total. The molecular weight excluding hydrogens is 446 g/mol. The van der Waals surface area contributed by atoms with Gasteiger partial charge in [0.15, 0.2) is 0 Å². The van der Waals surface area contributed by atoms with Gasteiger partial charge in [-0.05, 0) is 42.5 Å². The van der Waals surface area contributed by atoms with E-state index >= 15 is 0 Å². The molecule has 2 aliphatic heterocycles. The van der Waals surface area contributed by atoms with Gasteiger partial charge in [-0.15, -0.1) is 0 Å². The summed E-state index contributed by atoms with van der Waals surface area (Å²) < 4.78 is 17.2. The maximum Gasteiger partial charge on any atom is 0.251 e. The van der Waals surface area contributed by atoms with E-state index in [2.05, 4.69) is 37.6 Å². The molecule has 0 radical (unpaired) electrons. The molecule has 4 atom stereocenters. The van der Waals surface area contributed by atoms with Gasteiger partial charge in [-0.2, -0.15) is 0 Å². The van der Waals surface area contributed by atoms with Crippen LogP contribution in [-0.4, -0.2) is 74.6 Å². The number of nitrogens with one attached hydrogen (secondary N) is 2. The highest BCUT2D eigenvalue weighted by Crippen LogP contribution is 2.29. The van der Waals surface area contributed by atoms with Gasteiger partial charge in [0.05, 0.1) is 38.1 Å². The Morgan fingerprint density at radius 3 is 2.34 bits per heavy atom. The Bertz CT molecular complexity index is 1170. The summed E-state index contributed by atoms with van der Waals surface area (Å²) in [5.74, 6) is 1.05. The van der Waals surface area contributed by atoms with Crippen molar-refractivity contribution in [2.75, 3.05) is 44.6 Å². The van der Waals surface area contributed by atoms with Gasteiger partial charge < -0.3 is 29.7 Å². The van der Waals surface area contributed by atoms with E-state index in [4.69, 9.17) is 14.2 Å². The van der Waals surface area contributed by atoms with Gasteiger partial charge in [-0.3, -0.25) is 4.79 Å². The Hall–Kier alpha value is -3.69. The van der Waals surface area contributed by atoms with Gasteiger partial charge in [-0.25, -0.2) is 9.97 Å². The van der Waals surface area contributed by atoms with Crippen molar-refractivity contribution in [2.24, 2.45) is 0 Å². The quantitative estimate of drug-likeness (QED) is 0.538. The summed E-state index contributed by atoms with van der Waals surface area (Å²) in [6, 6.07) is 16.8. The average Bonchev–Trinajstić information content (AvgIpc) is 3.47. The molecule has 0 aliphatic carbocycles. The SMILES string of the molecule is COc1ccc(C(=O)N[C@H]2CO[C@H]3[C@H]2OC[C@H]3Nc2nccc(-c3ccc(N(C)C)cc3)n2)cc1. The monoisotopic (exact) mass is 475 g/mol. The number of ether oxygens (including phenoxy) is 3. The number of anilines is 2. The van der Waals surface area contributed by atoms with E-state index in [1.54, 1.807) is 37.6 Å². The maximum absolute atomic E-state index is 12.7. The summed E-state index contributed by atoms with van der Waals surface area (Å²) in [4.78, 5) is 23.8. The topological polar surface area (TPSA) is 97.8 Å². The van der Waals surface area contributed by atoms with Crippen LogP contribution in [-0.2, 0) is 9.47 Å². The number of hydrogen-bond acceptors (Lipinski definition) is 8. The molecule has 3 aromatic rings. The van der Waals surface area contributed by atoms with E-state index in [1.807, 2.05) is 32.3 Å². The Balaban J connectivity index is 1.21. The second-order valence-corrected chi connectivity index (χ2v) is 8.86. The molecule has 2 N–H and O–H groups in total. The van der Waals surface area contributed by atoms with Crippen molar-refractivity contribution in [3.63, 3.8) is 0 Å². The van der Waals surface area contributed by atoms with Crippen molar-refractivity contribution in [1.82, 2.24) is 15.3 Å². The molecule has 0 saturated carbocycles. The summed E-state index contributed by atoms with van der Waals surface area (Å²) >= 11 is 0. The standard InChI is InChI=1S/C26H29N5O4/c1-31(2)18-8-4-16(5-9-18)20-12-13-27-26(29-20)30-22-15-35-23-21(14-34-24(22)23)28-25(32)17-6-10-19(33-3)11-7-17/h4-13,21-24H,14-15H2,1-3H3,(H,28,32)(H,27,29,30)/t21-,22+,23-,24+/m0/s1. The molecule has 2 saturated heterocycles. The van der Waals surface area contributed by atoms with Crippen molar-refractivity contribution >= 4 is 17.5 Å². The zero-order chi connectivity index (χ0) is 24.4. The first-order valence-corrected chi connectivity index (χ1v) is 11.6. The molecule has 0 spiro atoms. The first kappa shape index (κ1) is 23.1. The molecule has 0 bridgehead atoms. The smallest absolute Gasteiger partial charge is 0.251 e. The Labute approximate surface area is 204 Å². The van der Waals surface area contributed by atoms with Crippen LogP contribution in [0.3, 0.4) is 0 Å². The highest BCUT2D eigenvalue weighted by molar-refractivity contribution is 5.94. The number of carbonyl (C=O) groups is 1. The lowest BCUT2D eigenvalue weighted by Gasteiger charge is -2.18. The average molecular weight is 476 g/mol. The molecule has 9 heteroatoms. The van der Waals surface area contributed by atoms with E-state index < -0.39 is 0 Å². The van der Waals surface area contributed by atoms with Crippen molar-refractivity contribution in [2.45, 2.75) is 24.3 Å². The zero-order valence-corrected chi connectivity index (χ0v) is 20.0. The number of aromatic nitrogens is 2. The van der Waals surface area contributed by atoms with E-state index in [1.165, 1.54) is 0 Å². The number of hydrogen-bond donors (Lipinski definition) is 2. The second kappa shape index (κ2) is 9.89. The lowest BCUT2D eigenvalue weighted by molar-refractivity contribution is 0.0652. The molecule has 2 fully saturated rings. The van der Waals surface area contributed by atoms with Crippen molar-refractivity contribution in [1.29, 1.82) is 0 Å². The number of methoxy groups -OCH3 is 1. The molecule has 1 amide bonds. The summed E-state index contributed by atoms with van der Waals surface area (Å²) in [7, 11) is 5.62. The fourth-order valence-corrected chi connectivity index (χ4v) is 4.43. The van der Waals surface area contributed by atoms with Crippen LogP contribution >= 0.6 is 0 Å². The normalized spacial score (nSPS) is 22.9. The molecule has 182 valence electrons. The number of fused-ring (bicyclic) bond motifs is 1. The van der Waals surface area contributed by atoms with E-state index in [-0.39, 0.29) is 30.2 Å². The molecule has 2 aliphatic rings. The predicted molar refractivity (Wildman–Crippen MR) is 133 cm³/mol. The van der Waals surface area contributed by atoms with Crippen LogP contribution in [0.25, 0.3) is 11.3 Å². The summed E-state index contributed by atoms with van der Waals surface area (Å²) in [5.41, 5.74) is 3.54. The van der Waals surface area contributed by atoms with Crippen LogP contribution in [0.5, 0.6) is 5.75 Å². The first-order chi connectivity index (χ1) is 17.0. The number of benzene rings is 2. The molecule has 35 heavy (non-hydrogen) atoms. The van der Waals surface area contributed by atoms with E-state index in [9.17, 15) is 4.79 Å². The third-order valence-electron chi connectivity index (χ3n) is 6.37. The lowest BCUT2D eigenvalue weighted by atomic mass is 10.1. The molecule has 5 rings (SSSR count). The third kappa shape index (κ3) is 4.91. The van der Waals surface area contributed by atoms with Gasteiger partial charge in [0.25, 0.3) is 5.91 Å². The number of amides is 1. The summed E-state index contributed by atoms with van der Waals surface area (Å²) in [6.45, 7) is 0.823. The van der Waals surface area contributed by atoms with Gasteiger partial charge in [0.1, 0.15) is 18.0 Å². The van der Waals surface area contributed by atoms with Crippen molar-refractivity contribution < 1.29 is 19.0 Å². The maximum atomic E-state index is 12.7. The highest BCUT2D eigenvalue weighted by Gasteiger charge is 2.48. The van der Waals surface area contributed by atoms with Crippen LogP contribution in [0, 0.1) is 0 Å². The number of carbonyl (C=O) groups excluding carboxylic acids is 1.